The van der Waals surface area contributed by atoms with E-state index in [1.807, 2.05) is 13.0 Å². The molecule has 5 heteroatoms. The molecule has 2 heterocycles. The van der Waals surface area contributed by atoms with Gasteiger partial charge in [-0.05, 0) is 47.3 Å². The average Bonchev–Trinajstić information content (AvgIpc) is 2.61. The molecule has 0 aliphatic carbocycles. The lowest BCUT2D eigenvalue weighted by molar-refractivity contribution is 0.0626. The Hall–Kier alpha value is -0.390. The quantitative estimate of drug-likeness (QED) is 0.912. The summed E-state index contributed by atoms with van der Waals surface area (Å²) in [4.78, 5) is 12.7. The highest BCUT2D eigenvalue weighted by Crippen LogP contribution is 2.27. The van der Waals surface area contributed by atoms with E-state index in [4.69, 9.17) is 4.74 Å². The van der Waals surface area contributed by atoms with E-state index in [0.717, 1.165) is 33.7 Å². The van der Waals surface area contributed by atoms with Gasteiger partial charge in [0.05, 0.1) is 21.3 Å². The molecule has 1 aromatic heterocycles. The molecule has 2 rings (SSSR count). The standard InChI is InChI=1S/C11H14BrNO2S/c1-7-5-9(16-10(7)12)11(14)13-8-3-2-4-15-6-8/h5,8H,2-4,6H2,1H3,(H,13,14). The number of ether oxygens (including phenoxy) is 1. The van der Waals surface area contributed by atoms with Gasteiger partial charge in [0.15, 0.2) is 0 Å². The van der Waals surface area contributed by atoms with Crippen LogP contribution in [0.25, 0.3) is 0 Å². The third-order valence-corrected chi connectivity index (χ3v) is 4.71. The predicted molar refractivity (Wildman–Crippen MR) is 68.1 cm³/mol. The summed E-state index contributed by atoms with van der Waals surface area (Å²) in [6.07, 6.45) is 2.04. The molecule has 3 nitrogen and oxygen atoms in total. The van der Waals surface area contributed by atoms with Crippen LogP contribution in [0.4, 0.5) is 0 Å². The number of halogens is 1. The van der Waals surface area contributed by atoms with Gasteiger partial charge in [-0.1, -0.05) is 0 Å². The maximum atomic E-state index is 11.9. The van der Waals surface area contributed by atoms with E-state index in [2.05, 4.69) is 21.2 Å². The molecule has 88 valence electrons. The summed E-state index contributed by atoms with van der Waals surface area (Å²) in [5.41, 5.74) is 1.11. The molecule has 1 saturated heterocycles. The van der Waals surface area contributed by atoms with E-state index in [1.165, 1.54) is 11.3 Å². The molecule has 0 bridgehead atoms. The lowest BCUT2D eigenvalue weighted by atomic mass is 10.1. The van der Waals surface area contributed by atoms with E-state index < -0.39 is 0 Å². The number of nitrogens with one attached hydrogen (secondary N) is 1. The fraction of sp³-hybridized carbons (Fsp3) is 0.545. The fourth-order valence-corrected chi connectivity index (χ4v) is 3.12. The Labute approximate surface area is 107 Å². The third kappa shape index (κ3) is 2.84. The smallest absolute Gasteiger partial charge is 0.261 e. The van der Waals surface area contributed by atoms with Crippen LogP contribution in [-0.4, -0.2) is 25.2 Å². The van der Waals surface area contributed by atoms with Crippen molar-refractivity contribution < 1.29 is 9.53 Å². The highest BCUT2D eigenvalue weighted by molar-refractivity contribution is 9.11. The van der Waals surface area contributed by atoms with Crippen molar-refractivity contribution in [2.24, 2.45) is 0 Å². The second-order valence-electron chi connectivity index (χ2n) is 3.95. The van der Waals surface area contributed by atoms with Gasteiger partial charge in [0.2, 0.25) is 0 Å². The van der Waals surface area contributed by atoms with Crippen molar-refractivity contribution in [2.45, 2.75) is 25.8 Å². The Balaban J connectivity index is 1.96. The molecule has 1 unspecified atom stereocenters. The van der Waals surface area contributed by atoms with Crippen molar-refractivity contribution in [1.29, 1.82) is 0 Å². The van der Waals surface area contributed by atoms with Crippen LogP contribution in [0.3, 0.4) is 0 Å². The lowest BCUT2D eigenvalue weighted by Crippen LogP contribution is -2.40. The van der Waals surface area contributed by atoms with E-state index in [-0.39, 0.29) is 11.9 Å². The van der Waals surface area contributed by atoms with Crippen LogP contribution in [0.1, 0.15) is 28.1 Å². The number of rotatable bonds is 2. The number of aryl methyl sites for hydroxylation is 1. The lowest BCUT2D eigenvalue weighted by Gasteiger charge is -2.22. The highest BCUT2D eigenvalue weighted by Gasteiger charge is 2.18. The SMILES string of the molecule is Cc1cc(C(=O)NC2CCCOC2)sc1Br. The molecule has 1 N–H and O–H groups in total. The molecule has 0 saturated carbocycles. The molecular formula is C11H14BrNO2S. The minimum absolute atomic E-state index is 0.00861. The Morgan fingerprint density at radius 2 is 2.50 bits per heavy atom. The van der Waals surface area contributed by atoms with Gasteiger partial charge in [-0.25, -0.2) is 0 Å². The zero-order valence-electron chi connectivity index (χ0n) is 9.09. The molecule has 1 aromatic rings. The first-order valence-corrected chi connectivity index (χ1v) is 6.92. The molecule has 1 aliphatic rings. The van der Waals surface area contributed by atoms with E-state index in [1.54, 1.807) is 0 Å². The number of hydrogen-bond acceptors (Lipinski definition) is 3. The van der Waals surface area contributed by atoms with Crippen LogP contribution in [-0.2, 0) is 4.74 Å². The Morgan fingerprint density at radius 3 is 3.06 bits per heavy atom. The summed E-state index contributed by atoms with van der Waals surface area (Å²) in [6, 6.07) is 2.08. The van der Waals surface area contributed by atoms with Gasteiger partial charge >= 0.3 is 0 Å². The van der Waals surface area contributed by atoms with Crippen molar-refractivity contribution in [1.82, 2.24) is 5.32 Å². The van der Waals surface area contributed by atoms with Gasteiger partial charge in [-0.15, -0.1) is 11.3 Å². The van der Waals surface area contributed by atoms with Gasteiger partial charge in [0.1, 0.15) is 0 Å². The van der Waals surface area contributed by atoms with Crippen molar-refractivity contribution in [3.63, 3.8) is 0 Å². The summed E-state index contributed by atoms with van der Waals surface area (Å²) in [6.45, 7) is 3.44. The number of thiophene rings is 1. The van der Waals surface area contributed by atoms with E-state index in [0.29, 0.717) is 6.61 Å². The van der Waals surface area contributed by atoms with Gasteiger partial charge < -0.3 is 10.1 Å². The molecule has 0 spiro atoms. The normalized spacial score (nSPS) is 20.8. The van der Waals surface area contributed by atoms with E-state index in [9.17, 15) is 4.79 Å². The summed E-state index contributed by atoms with van der Waals surface area (Å²) in [5, 5.41) is 3.00. The summed E-state index contributed by atoms with van der Waals surface area (Å²) in [7, 11) is 0. The Bertz CT molecular complexity index is 366. The van der Waals surface area contributed by atoms with Crippen molar-refractivity contribution in [3.8, 4) is 0 Å². The van der Waals surface area contributed by atoms with E-state index >= 15 is 0 Å². The Morgan fingerprint density at radius 1 is 1.69 bits per heavy atom. The van der Waals surface area contributed by atoms with Crippen molar-refractivity contribution >= 4 is 33.2 Å². The molecule has 1 fully saturated rings. The monoisotopic (exact) mass is 303 g/mol. The second kappa shape index (κ2) is 5.29. The van der Waals surface area contributed by atoms with Crippen molar-refractivity contribution in [2.75, 3.05) is 13.2 Å². The third-order valence-electron chi connectivity index (χ3n) is 2.58. The second-order valence-corrected chi connectivity index (χ2v) is 6.32. The largest absolute Gasteiger partial charge is 0.379 e. The minimum atomic E-state index is 0.00861. The van der Waals surface area contributed by atoms with Gasteiger partial charge in [0.25, 0.3) is 5.91 Å². The van der Waals surface area contributed by atoms with Crippen LogP contribution < -0.4 is 5.32 Å². The van der Waals surface area contributed by atoms with Crippen LogP contribution in [0.15, 0.2) is 9.85 Å². The molecule has 1 aliphatic heterocycles. The van der Waals surface area contributed by atoms with Gasteiger partial charge in [-0.2, -0.15) is 0 Å². The molecule has 1 amide bonds. The summed E-state index contributed by atoms with van der Waals surface area (Å²) < 4.78 is 6.35. The number of hydrogen-bond donors (Lipinski definition) is 1. The molecular weight excluding hydrogens is 290 g/mol. The van der Waals surface area contributed by atoms with Crippen LogP contribution >= 0.6 is 27.3 Å². The molecule has 0 radical (unpaired) electrons. The Kier molecular flexibility index (Phi) is 4.00. The summed E-state index contributed by atoms with van der Waals surface area (Å²) >= 11 is 4.90. The summed E-state index contributed by atoms with van der Waals surface area (Å²) in [5.74, 6) is 0.00861. The first kappa shape index (κ1) is 12.1. The van der Waals surface area contributed by atoms with Crippen LogP contribution in [0.5, 0.6) is 0 Å². The number of carbonyl (C=O) groups is 1. The zero-order valence-corrected chi connectivity index (χ0v) is 11.5. The van der Waals surface area contributed by atoms with Gasteiger partial charge in [0, 0.05) is 6.61 Å². The molecule has 0 aromatic carbocycles. The molecule has 1 atom stereocenters. The predicted octanol–water partition coefficient (Wildman–Crippen LogP) is 2.73. The van der Waals surface area contributed by atoms with Crippen molar-refractivity contribution in [3.05, 3.63) is 20.3 Å². The first-order chi connectivity index (χ1) is 7.66. The number of amides is 1. The number of carbonyl (C=O) groups excluding carboxylic acids is 1. The van der Waals surface area contributed by atoms with Crippen LogP contribution in [0, 0.1) is 6.92 Å². The molecule has 16 heavy (non-hydrogen) atoms. The fourth-order valence-electron chi connectivity index (χ4n) is 1.68. The average molecular weight is 304 g/mol. The first-order valence-electron chi connectivity index (χ1n) is 5.31. The topological polar surface area (TPSA) is 38.3 Å². The van der Waals surface area contributed by atoms with Gasteiger partial charge in [-0.3, -0.25) is 4.79 Å². The maximum absolute atomic E-state index is 11.9. The minimum Gasteiger partial charge on any atom is -0.379 e. The van der Waals surface area contributed by atoms with Crippen LogP contribution in [0.2, 0.25) is 0 Å². The maximum Gasteiger partial charge on any atom is 0.261 e. The zero-order chi connectivity index (χ0) is 11.5. The highest BCUT2D eigenvalue weighted by atomic mass is 79.9.